The zero-order chi connectivity index (χ0) is 20.8. The van der Waals surface area contributed by atoms with E-state index in [1.165, 1.54) is 27.4 Å². The minimum Gasteiger partial charge on any atom is -0.493 e. The molecule has 1 aliphatic heterocycles. The van der Waals surface area contributed by atoms with Crippen LogP contribution in [-0.4, -0.2) is 34.0 Å². The molecule has 2 aromatic carbocycles. The third-order valence-electron chi connectivity index (χ3n) is 4.25. The number of hydrogen-bond acceptors (Lipinski definition) is 7. The Balaban J connectivity index is 1.77. The van der Waals surface area contributed by atoms with Crippen LogP contribution in [0.2, 0.25) is 0 Å². The van der Waals surface area contributed by atoms with Crippen LogP contribution in [0.25, 0.3) is 6.08 Å². The number of benzene rings is 2. The first-order chi connectivity index (χ1) is 14.1. The lowest BCUT2D eigenvalue weighted by Gasteiger charge is -2.13. The second kappa shape index (κ2) is 8.89. The number of carbonyl (C=O) groups is 1. The van der Waals surface area contributed by atoms with Crippen LogP contribution >= 0.6 is 0 Å². The van der Waals surface area contributed by atoms with Crippen LogP contribution in [0.3, 0.4) is 0 Å². The lowest BCUT2D eigenvalue weighted by molar-refractivity contribution is -0.117. The maximum atomic E-state index is 12.5. The molecule has 0 bridgehead atoms. The van der Waals surface area contributed by atoms with Gasteiger partial charge in [-0.15, -0.1) is 0 Å². The minimum atomic E-state index is -0.501. The van der Waals surface area contributed by atoms with Crippen LogP contribution in [0.4, 0.5) is 0 Å². The summed E-state index contributed by atoms with van der Waals surface area (Å²) in [4.78, 5) is 12.5. The van der Waals surface area contributed by atoms with Gasteiger partial charge < -0.3 is 29.0 Å². The predicted octanol–water partition coefficient (Wildman–Crippen LogP) is 2.66. The fourth-order valence-corrected chi connectivity index (χ4v) is 2.83. The van der Waals surface area contributed by atoms with Gasteiger partial charge in [0.1, 0.15) is 11.6 Å². The van der Waals surface area contributed by atoms with Gasteiger partial charge in [0, 0.05) is 6.54 Å². The monoisotopic (exact) mass is 396 g/mol. The predicted molar refractivity (Wildman–Crippen MR) is 104 cm³/mol. The first kappa shape index (κ1) is 19.9. The summed E-state index contributed by atoms with van der Waals surface area (Å²) in [6, 6.07) is 10.6. The molecule has 0 fully saturated rings. The average molecular weight is 396 g/mol. The molecule has 3 rings (SSSR count). The van der Waals surface area contributed by atoms with Crippen molar-refractivity contribution in [1.29, 1.82) is 5.26 Å². The summed E-state index contributed by atoms with van der Waals surface area (Å²) in [5.41, 5.74) is 1.34. The molecule has 150 valence electrons. The lowest BCUT2D eigenvalue weighted by Crippen LogP contribution is -2.23. The van der Waals surface area contributed by atoms with Gasteiger partial charge in [-0.25, -0.2) is 0 Å². The number of hydrogen-bond donors (Lipinski definition) is 1. The summed E-state index contributed by atoms with van der Waals surface area (Å²) in [5.74, 6) is 2.08. The molecule has 2 aromatic rings. The van der Waals surface area contributed by atoms with Gasteiger partial charge in [-0.2, -0.15) is 5.26 Å². The molecule has 0 atom stereocenters. The highest BCUT2D eigenvalue weighted by molar-refractivity contribution is 6.01. The van der Waals surface area contributed by atoms with E-state index in [0.29, 0.717) is 34.3 Å². The molecule has 1 heterocycles. The van der Waals surface area contributed by atoms with Crippen molar-refractivity contribution in [2.45, 2.75) is 6.54 Å². The Bertz CT molecular complexity index is 968. The van der Waals surface area contributed by atoms with Gasteiger partial charge in [-0.1, -0.05) is 6.07 Å². The van der Waals surface area contributed by atoms with Crippen molar-refractivity contribution in [3.8, 4) is 34.8 Å². The van der Waals surface area contributed by atoms with Crippen molar-refractivity contribution in [3.63, 3.8) is 0 Å². The number of nitrogens with one attached hydrogen (secondary N) is 1. The molecule has 8 heteroatoms. The third kappa shape index (κ3) is 4.35. The van der Waals surface area contributed by atoms with Crippen LogP contribution < -0.4 is 29.0 Å². The topological polar surface area (TPSA) is 99.0 Å². The molecule has 1 aliphatic rings. The normalized spacial score (nSPS) is 12.1. The summed E-state index contributed by atoms with van der Waals surface area (Å²) in [6.45, 7) is 0.422. The third-order valence-corrected chi connectivity index (χ3v) is 4.25. The first-order valence-electron chi connectivity index (χ1n) is 8.68. The Hall–Kier alpha value is -3.86. The number of ether oxygens (including phenoxy) is 5. The van der Waals surface area contributed by atoms with Crippen molar-refractivity contribution >= 4 is 12.0 Å². The highest BCUT2D eigenvalue weighted by Crippen LogP contribution is 2.38. The molecule has 0 spiro atoms. The molecule has 0 aliphatic carbocycles. The first-order valence-corrected chi connectivity index (χ1v) is 8.68. The fraction of sp³-hybridized carbons (Fsp3) is 0.238. The van der Waals surface area contributed by atoms with Crippen LogP contribution in [0.15, 0.2) is 35.9 Å². The molecule has 1 N–H and O–H groups in total. The smallest absolute Gasteiger partial charge is 0.262 e. The van der Waals surface area contributed by atoms with E-state index in [0.717, 1.165) is 5.56 Å². The Morgan fingerprint density at radius 2 is 1.79 bits per heavy atom. The van der Waals surface area contributed by atoms with Crippen LogP contribution in [-0.2, 0) is 11.3 Å². The zero-order valence-corrected chi connectivity index (χ0v) is 16.3. The zero-order valence-electron chi connectivity index (χ0n) is 16.3. The van der Waals surface area contributed by atoms with E-state index in [9.17, 15) is 10.1 Å². The van der Waals surface area contributed by atoms with Gasteiger partial charge in [0.05, 0.1) is 21.3 Å². The average Bonchev–Trinajstić information content (AvgIpc) is 3.22. The second-order valence-electron chi connectivity index (χ2n) is 6.00. The minimum absolute atomic E-state index is 0.0555. The van der Waals surface area contributed by atoms with Crippen molar-refractivity contribution in [2.24, 2.45) is 0 Å². The van der Waals surface area contributed by atoms with E-state index in [4.69, 9.17) is 23.7 Å². The van der Waals surface area contributed by atoms with Crippen LogP contribution in [0.1, 0.15) is 11.1 Å². The molecule has 0 saturated carbocycles. The molecule has 8 nitrogen and oxygen atoms in total. The number of methoxy groups -OCH3 is 3. The molecular formula is C21H20N2O6. The number of amides is 1. The van der Waals surface area contributed by atoms with Crippen LogP contribution in [0.5, 0.6) is 28.7 Å². The Kier molecular flexibility index (Phi) is 6.09. The molecule has 0 radical (unpaired) electrons. The van der Waals surface area contributed by atoms with Gasteiger partial charge in [-0.05, 0) is 41.5 Å². The molecule has 0 unspecified atom stereocenters. The number of fused-ring (bicyclic) bond motifs is 1. The number of carbonyl (C=O) groups excluding carboxylic acids is 1. The Morgan fingerprint density at radius 3 is 2.41 bits per heavy atom. The van der Waals surface area contributed by atoms with E-state index < -0.39 is 5.91 Å². The second-order valence-corrected chi connectivity index (χ2v) is 6.00. The van der Waals surface area contributed by atoms with E-state index in [2.05, 4.69) is 5.32 Å². The van der Waals surface area contributed by atoms with Gasteiger partial charge >= 0.3 is 0 Å². The van der Waals surface area contributed by atoms with Crippen molar-refractivity contribution < 1.29 is 28.5 Å². The molecule has 0 saturated heterocycles. The molecular weight excluding hydrogens is 376 g/mol. The summed E-state index contributed by atoms with van der Waals surface area (Å²) >= 11 is 0. The number of nitriles is 1. The van der Waals surface area contributed by atoms with E-state index >= 15 is 0 Å². The highest BCUT2D eigenvalue weighted by Gasteiger charge is 2.16. The molecule has 0 aromatic heterocycles. The molecule has 1 amide bonds. The van der Waals surface area contributed by atoms with Crippen molar-refractivity contribution in [1.82, 2.24) is 5.32 Å². The van der Waals surface area contributed by atoms with E-state index in [1.807, 2.05) is 12.1 Å². The van der Waals surface area contributed by atoms with Crippen LogP contribution in [0, 0.1) is 11.3 Å². The maximum absolute atomic E-state index is 12.5. The van der Waals surface area contributed by atoms with Crippen molar-refractivity contribution in [2.75, 3.05) is 28.1 Å². The van der Waals surface area contributed by atoms with Gasteiger partial charge in [0.25, 0.3) is 5.91 Å². The van der Waals surface area contributed by atoms with E-state index in [1.54, 1.807) is 24.3 Å². The Morgan fingerprint density at radius 1 is 1.10 bits per heavy atom. The fourth-order valence-electron chi connectivity index (χ4n) is 2.83. The van der Waals surface area contributed by atoms with Gasteiger partial charge in [0.15, 0.2) is 23.0 Å². The standard InChI is InChI=1S/C21H20N2O6/c1-25-18-8-14(9-19(26-2)20(18)27-3)6-15(10-22)21(24)23-11-13-4-5-16-17(7-13)29-12-28-16/h4-9H,11-12H2,1-3H3,(H,23,24)/b15-6+. The summed E-state index contributed by atoms with van der Waals surface area (Å²) < 4.78 is 26.5. The number of nitrogens with zero attached hydrogens (tertiary/aromatic N) is 1. The Labute approximate surface area is 168 Å². The van der Waals surface area contributed by atoms with E-state index in [-0.39, 0.29) is 18.9 Å². The van der Waals surface area contributed by atoms with Crippen molar-refractivity contribution in [3.05, 3.63) is 47.0 Å². The lowest BCUT2D eigenvalue weighted by atomic mass is 10.1. The SMILES string of the molecule is COc1cc(/C=C(\C#N)C(=O)NCc2ccc3c(c2)OCO3)cc(OC)c1OC. The summed E-state index contributed by atoms with van der Waals surface area (Å²) in [5, 5.41) is 12.2. The summed E-state index contributed by atoms with van der Waals surface area (Å²) in [6.07, 6.45) is 1.46. The largest absolute Gasteiger partial charge is 0.493 e. The van der Waals surface area contributed by atoms with Gasteiger partial charge in [0.2, 0.25) is 12.5 Å². The maximum Gasteiger partial charge on any atom is 0.262 e. The molecule has 29 heavy (non-hydrogen) atoms. The van der Waals surface area contributed by atoms with Gasteiger partial charge in [-0.3, -0.25) is 4.79 Å². The number of rotatable bonds is 7. The quantitative estimate of drug-likeness (QED) is 0.567. The highest BCUT2D eigenvalue weighted by atomic mass is 16.7. The summed E-state index contributed by atoms with van der Waals surface area (Å²) in [7, 11) is 4.49.